The topological polar surface area (TPSA) is 73.1 Å². The highest BCUT2D eigenvalue weighted by molar-refractivity contribution is 5.77. The number of rotatable bonds is 4. The Balaban J connectivity index is 1.54. The summed E-state index contributed by atoms with van der Waals surface area (Å²) >= 11 is 0. The monoisotopic (exact) mass is 341 g/mol. The Labute approximate surface area is 149 Å². The SMILES string of the molecule is C[C@H]1CN(c2nccnc2C#N)CCN1C(=O)CCC1CCCCC1. The molecule has 1 saturated carbocycles. The van der Waals surface area contributed by atoms with Crippen LogP contribution >= 0.6 is 0 Å². The van der Waals surface area contributed by atoms with Crippen LogP contribution in [-0.2, 0) is 4.79 Å². The maximum Gasteiger partial charge on any atom is 0.222 e. The van der Waals surface area contributed by atoms with E-state index in [1.54, 1.807) is 6.20 Å². The van der Waals surface area contributed by atoms with E-state index in [0.29, 0.717) is 37.6 Å². The summed E-state index contributed by atoms with van der Waals surface area (Å²) in [5, 5.41) is 9.21. The van der Waals surface area contributed by atoms with E-state index in [9.17, 15) is 10.1 Å². The lowest BCUT2D eigenvalue weighted by Crippen LogP contribution is -2.54. The van der Waals surface area contributed by atoms with E-state index in [1.165, 1.54) is 38.3 Å². The fourth-order valence-corrected chi connectivity index (χ4v) is 4.11. The predicted molar refractivity (Wildman–Crippen MR) is 95.9 cm³/mol. The molecule has 0 radical (unpaired) electrons. The zero-order chi connectivity index (χ0) is 17.6. The minimum atomic E-state index is 0.126. The fraction of sp³-hybridized carbons (Fsp3) is 0.684. The quantitative estimate of drug-likeness (QED) is 0.842. The van der Waals surface area contributed by atoms with Gasteiger partial charge in [0.2, 0.25) is 5.91 Å². The molecule has 1 aliphatic heterocycles. The molecule has 0 unspecified atom stereocenters. The summed E-state index contributed by atoms with van der Waals surface area (Å²) in [4.78, 5) is 25.1. The van der Waals surface area contributed by atoms with Crippen molar-refractivity contribution in [3.63, 3.8) is 0 Å². The number of carbonyl (C=O) groups excluding carboxylic acids is 1. The highest BCUT2D eigenvalue weighted by Gasteiger charge is 2.29. The summed E-state index contributed by atoms with van der Waals surface area (Å²) in [7, 11) is 0. The first-order chi connectivity index (χ1) is 12.2. The Hall–Kier alpha value is -2.16. The van der Waals surface area contributed by atoms with Gasteiger partial charge in [-0.05, 0) is 19.3 Å². The smallest absolute Gasteiger partial charge is 0.222 e. The molecule has 2 fully saturated rings. The van der Waals surface area contributed by atoms with Crippen LogP contribution in [0, 0.1) is 17.2 Å². The van der Waals surface area contributed by atoms with E-state index in [0.717, 1.165) is 12.3 Å². The van der Waals surface area contributed by atoms with Crippen molar-refractivity contribution in [3.8, 4) is 6.07 Å². The van der Waals surface area contributed by atoms with Crippen LogP contribution in [0.15, 0.2) is 12.4 Å². The molecule has 1 saturated heterocycles. The Bertz CT molecular complexity index is 635. The highest BCUT2D eigenvalue weighted by atomic mass is 16.2. The number of nitrogens with zero attached hydrogens (tertiary/aromatic N) is 5. The second-order valence-electron chi connectivity index (χ2n) is 7.27. The summed E-state index contributed by atoms with van der Waals surface area (Å²) in [5.74, 6) is 1.65. The lowest BCUT2D eigenvalue weighted by molar-refractivity contribution is -0.134. The van der Waals surface area contributed by atoms with Crippen LogP contribution in [0.4, 0.5) is 5.82 Å². The highest BCUT2D eigenvalue weighted by Crippen LogP contribution is 2.28. The first kappa shape index (κ1) is 17.7. The van der Waals surface area contributed by atoms with E-state index < -0.39 is 0 Å². The van der Waals surface area contributed by atoms with Crippen LogP contribution < -0.4 is 4.90 Å². The van der Waals surface area contributed by atoms with Gasteiger partial charge in [0.15, 0.2) is 11.5 Å². The first-order valence-electron chi connectivity index (χ1n) is 9.44. The van der Waals surface area contributed by atoms with Crippen LogP contribution in [-0.4, -0.2) is 46.5 Å². The van der Waals surface area contributed by atoms with Crippen molar-refractivity contribution in [3.05, 3.63) is 18.1 Å². The molecule has 6 nitrogen and oxygen atoms in total. The molecule has 0 bridgehead atoms. The zero-order valence-electron chi connectivity index (χ0n) is 15.0. The van der Waals surface area contributed by atoms with Crippen molar-refractivity contribution in [2.24, 2.45) is 5.92 Å². The average Bonchev–Trinajstić information content (AvgIpc) is 2.66. The molecular formula is C19H27N5O. The second-order valence-corrected chi connectivity index (χ2v) is 7.27. The van der Waals surface area contributed by atoms with Gasteiger partial charge in [-0.2, -0.15) is 5.26 Å². The summed E-state index contributed by atoms with van der Waals surface area (Å²) in [6.45, 7) is 4.16. The molecule has 1 aromatic rings. The van der Waals surface area contributed by atoms with Gasteiger partial charge in [0.25, 0.3) is 0 Å². The van der Waals surface area contributed by atoms with Gasteiger partial charge in [0, 0.05) is 44.5 Å². The van der Waals surface area contributed by atoms with Crippen LogP contribution in [0.3, 0.4) is 0 Å². The zero-order valence-corrected chi connectivity index (χ0v) is 15.0. The van der Waals surface area contributed by atoms with Crippen molar-refractivity contribution in [2.75, 3.05) is 24.5 Å². The molecule has 134 valence electrons. The number of nitriles is 1. The van der Waals surface area contributed by atoms with E-state index in [1.807, 2.05) is 4.90 Å². The van der Waals surface area contributed by atoms with Gasteiger partial charge >= 0.3 is 0 Å². The maximum atomic E-state index is 12.6. The maximum absolute atomic E-state index is 12.6. The first-order valence-corrected chi connectivity index (χ1v) is 9.44. The molecule has 6 heteroatoms. The van der Waals surface area contributed by atoms with Gasteiger partial charge in [-0.25, -0.2) is 9.97 Å². The number of aromatic nitrogens is 2. The molecule has 0 spiro atoms. The predicted octanol–water partition coefficient (Wildman–Crippen LogP) is 2.75. The number of hydrogen-bond acceptors (Lipinski definition) is 5. The van der Waals surface area contributed by atoms with Gasteiger partial charge in [-0.3, -0.25) is 4.79 Å². The van der Waals surface area contributed by atoms with E-state index in [-0.39, 0.29) is 11.9 Å². The van der Waals surface area contributed by atoms with Gasteiger partial charge < -0.3 is 9.80 Å². The van der Waals surface area contributed by atoms with Crippen LogP contribution in [0.1, 0.15) is 57.6 Å². The number of hydrogen-bond donors (Lipinski definition) is 0. The van der Waals surface area contributed by atoms with Crippen molar-refractivity contribution in [2.45, 2.75) is 57.9 Å². The van der Waals surface area contributed by atoms with E-state index in [2.05, 4.69) is 27.9 Å². The second kappa shape index (κ2) is 8.28. The van der Waals surface area contributed by atoms with Gasteiger partial charge in [-0.15, -0.1) is 0 Å². The number of amides is 1. The number of anilines is 1. The molecular weight excluding hydrogens is 314 g/mol. The molecule has 1 amide bonds. The number of carbonyl (C=O) groups is 1. The third kappa shape index (κ3) is 4.28. The minimum Gasteiger partial charge on any atom is -0.350 e. The van der Waals surface area contributed by atoms with Crippen molar-refractivity contribution < 1.29 is 4.79 Å². The molecule has 1 aromatic heterocycles. The Morgan fingerprint density at radius 3 is 2.72 bits per heavy atom. The lowest BCUT2D eigenvalue weighted by atomic mass is 9.86. The molecule has 1 atom stereocenters. The summed E-state index contributed by atoms with van der Waals surface area (Å²) in [6, 6.07) is 2.23. The molecule has 2 heterocycles. The Morgan fingerprint density at radius 2 is 2.00 bits per heavy atom. The minimum absolute atomic E-state index is 0.126. The molecule has 2 aliphatic rings. The van der Waals surface area contributed by atoms with Gasteiger partial charge in [-0.1, -0.05) is 32.1 Å². The summed E-state index contributed by atoms with van der Waals surface area (Å²) in [5.41, 5.74) is 0.353. The van der Waals surface area contributed by atoms with Crippen molar-refractivity contribution >= 4 is 11.7 Å². The molecule has 3 rings (SSSR count). The van der Waals surface area contributed by atoms with Crippen LogP contribution in [0.2, 0.25) is 0 Å². The van der Waals surface area contributed by atoms with E-state index >= 15 is 0 Å². The molecule has 25 heavy (non-hydrogen) atoms. The number of piperazine rings is 1. The third-order valence-electron chi connectivity index (χ3n) is 5.52. The largest absolute Gasteiger partial charge is 0.350 e. The van der Waals surface area contributed by atoms with Gasteiger partial charge in [0.05, 0.1) is 0 Å². The van der Waals surface area contributed by atoms with Crippen molar-refractivity contribution in [1.82, 2.24) is 14.9 Å². The van der Waals surface area contributed by atoms with E-state index in [4.69, 9.17) is 0 Å². The van der Waals surface area contributed by atoms with Crippen molar-refractivity contribution in [1.29, 1.82) is 5.26 Å². The Kier molecular flexibility index (Phi) is 5.85. The Morgan fingerprint density at radius 1 is 1.24 bits per heavy atom. The normalized spacial score (nSPS) is 21.8. The third-order valence-corrected chi connectivity index (χ3v) is 5.52. The molecule has 1 aliphatic carbocycles. The summed E-state index contributed by atoms with van der Waals surface area (Å²) < 4.78 is 0. The molecule has 0 aromatic carbocycles. The van der Waals surface area contributed by atoms with Crippen LogP contribution in [0.5, 0.6) is 0 Å². The van der Waals surface area contributed by atoms with Gasteiger partial charge in [0.1, 0.15) is 6.07 Å². The summed E-state index contributed by atoms with van der Waals surface area (Å²) in [6.07, 6.45) is 11.5. The average molecular weight is 341 g/mol. The lowest BCUT2D eigenvalue weighted by Gasteiger charge is -2.40. The molecule has 0 N–H and O–H groups in total. The van der Waals surface area contributed by atoms with Crippen LogP contribution in [0.25, 0.3) is 0 Å². The standard InChI is InChI=1S/C19H27N5O/c1-15-14-23(19-17(13-20)21-9-10-22-19)11-12-24(15)18(25)8-7-16-5-3-2-4-6-16/h9-10,15-16H,2-8,11-12,14H2,1H3/t15-/m0/s1. The fourth-order valence-electron chi connectivity index (χ4n) is 4.11.